The summed E-state index contributed by atoms with van der Waals surface area (Å²) < 4.78 is 5.01. The van der Waals surface area contributed by atoms with E-state index in [2.05, 4.69) is 18.7 Å². The zero-order chi connectivity index (χ0) is 15.2. The average Bonchev–Trinajstić information content (AvgIpc) is 2.37. The molecule has 1 saturated heterocycles. The number of carbonyl (C=O) groups is 1. The van der Waals surface area contributed by atoms with Crippen molar-refractivity contribution in [2.75, 3.05) is 19.7 Å². The van der Waals surface area contributed by atoms with Gasteiger partial charge in [0.2, 0.25) is 0 Å². The normalized spacial score (nSPS) is 27.1. The number of unbranched alkanes of at least 4 members (excludes halogenated alkanes) is 1. The Morgan fingerprint density at radius 2 is 2.10 bits per heavy atom. The maximum absolute atomic E-state index is 11.7. The molecule has 0 amide bonds. The summed E-state index contributed by atoms with van der Waals surface area (Å²) >= 11 is 0. The van der Waals surface area contributed by atoms with E-state index in [1.807, 2.05) is 6.92 Å². The van der Waals surface area contributed by atoms with E-state index >= 15 is 0 Å². The number of hydrogen-bond donors (Lipinski definition) is 1. The maximum atomic E-state index is 11.7. The Bertz CT molecular complexity index is 305. The van der Waals surface area contributed by atoms with Crippen LogP contribution < -0.4 is 5.73 Å². The molecule has 1 heterocycles. The van der Waals surface area contributed by atoms with Crippen LogP contribution in [0.4, 0.5) is 0 Å². The third-order valence-electron chi connectivity index (χ3n) is 4.41. The van der Waals surface area contributed by atoms with Crippen LogP contribution in [0.2, 0.25) is 0 Å². The van der Waals surface area contributed by atoms with Gasteiger partial charge < -0.3 is 15.4 Å². The average molecular weight is 284 g/mol. The number of likely N-dealkylation sites (tertiary alicyclic amines) is 1. The van der Waals surface area contributed by atoms with E-state index in [-0.39, 0.29) is 5.97 Å². The van der Waals surface area contributed by atoms with Crippen molar-refractivity contribution < 1.29 is 9.53 Å². The molecule has 20 heavy (non-hydrogen) atoms. The van der Waals surface area contributed by atoms with Crippen molar-refractivity contribution in [3.8, 4) is 0 Å². The molecular weight excluding hydrogens is 252 g/mol. The van der Waals surface area contributed by atoms with Gasteiger partial charge in [0.25, 0.3) is 0 Å². The van der Waals surface area contributed by atoms with Crippen LogP contribution in [0, 0.1) is 5.92 Å². The fourth-order valence-corrected chi connectivity index (χ4v) is 2.99. The van der Waals surface area contributed by atoms with Crippen LogP contribution in [0.1, 0.15) is 59.8 Å². The van der Waals surface area contributed by atoms with Crippen LogP contribution >= 0.6 is 0 Å². The number of hydrogen-bond acceptors (Lipinski definition) is 4. The second kappa shape index (κ2) is 7.99. The van der Waals surface area contributed by atoms with E-state index in [1.165, 1.54) is 19.4 Å². The highest BCUT2D eigenvalue weighted by Crippen LogP contribution is 2.22. The number of piperidine rings is 1. The molecule has 0 spiro atoms. The first-order valence-corrected chi connectivity index (χ1v) is 8.07. The van der Waals surface area contributed by atoms with Crippen molar-refractivity contribution in [2.45, 2.75) is 71.4 Å². The highest BCUT2D eigenvalue weighted by Gasteiger charge is 2.29. The lowest BCUT2D eigenvalue weighted by Gasteiger charge is -2.36. The van der Waals surface area contributed by atoms with Crippen molar-refractivity contribution in [1.82, 2.24) is 4.90 Å². The summed E-state index contributed by atoms with van der Waals surface area (Å²) in [5.74, 6) is 0.581. The molecule has 0 aromatic rings. The van der Waals surface area contributed by atoms with Crippen LogP contribution in [-0.4, -0.2) is 42.1 Å². The molecule has 0 aromatic heterocycles. The lowest BCUT2D eigenvalue weighted by Crippen LogP contribution is -2.46. The molecule has 1 rings (SSSR count). The van der Waals surface area contributed by atoms with Gasteiger partial charge in [-0.2, -0.15) is 0 Å². The summed E-state index contributed by atoms with van der Waals surface area (Å²) in [6.07, 6.45) is 5.39. The van der Waals surface area contributed by atoms with Crippen molar-refractivity contribution in [1.29, 1.82) is 0 Å². The number of carbonyl (C=O) groups excluding carboxylic acids is 1. The Hall–Kier alpha value is -0.610. The largest absolute Gasteiger partial charge is 0.465 e. The molecule has 118 valence electrons. The second-order valence-electron chi connectivity index (χ2n) is 6.61. The van der Waals surface area contributed by atoms with E-state index in [9.17, 15) is 4.79 Å². The third kappa shape index (κ3) is 5.41. The highest BCUT2D eigenvalue weighted by molar-refractivity contribution is 5.79. The first-order chi connectivity index (χ1) is 9.36. The summed E-state index contributed by atoms with van der Waals surface area (Å²) in [5, 5.41) is 0. The zero-order valence-electron chi connectivity index (χ0n) is 13.7. The summed E-state index contributed by atoms with van der Waals surface area (Å²) in [6.45, 7) is 11.0. The van der Waals surface area contributed by atoms with E-state index in [4.69, 9.17) is 10.5 Å². The predicted molar refractivity (Wildman–Crippen MR) is 82.5 cm³/mol. The molecule has 0 saturated carbocycles. The lowest BCUT2D eigenvalue weighted by molar-refractivity contribution is -0.149. The van der Waals surface area contributed by atoms with Crippen molar-refractivity contribution >= 4 is 5.97 Å². The molecule has 4 heteroatoms. The first kappa shape index (κ1) is 17.4. The molecule has 2 N–H and O–H groups in total. The van der Waals surface area contributed by atoms with Gasteiger partial charge in [0, 0.05) is 6.04 Å². The summed E-state index contributed by atoms with van der Waals surface area (Å²) in [6, 6.07) is 0.688. The summed E-state index contributed by atoms with van der Waals surface area (Å²) in [7, 11) is 0. The van der Waals surface area contributed by atoms with Gasteiger partial charge in [-0.3, -0.25) is 4.79 Å². The van der Waals surface area contributed by atoms with E-state index < -0.39 is 5.54 Å². The van der Waals surface area contributed by atoms with Crippen LogP contribution in [0.15, 0.2) is 0 Å². The molecule has 0 aliphatic carbocycles. The van der Waals surface area contributed by atoms with Gasteiger partial charge in [0.05, 0.1) is 6.61 Å². The standard InChI is InChI=1S/C16H32N2O2/c1-5-20-15(19)16(4,17)9-6-7-10-18-11-8-13(2)12-14(18)3/h13-14H,5-12,17H2,1-4H3. The fourth-order valence-electron chi connectivity index (χ4n) is 2.99. The summed E-state index contributed by atoms with van der Waals surface area (Å²) in [4.78, 5) is 14.3. The molecule has 0 radical (unpaired) electrons. The molecule has 3 unspecified atom stereocenters. The maximum Gasteiger partial charge on any atom is 0.325 e. The van der Waals surface area contributed by atoms with Gasteiger partial charge in [-0.05, 0) is 71.9 Å². The Kier molecular flexibility index (Phi) is 6.96. The van der Waals surface area contributed by atoms with Crippen molar-refractivity contribution in [3.05, 3.63) is 0 Å². The Morgan fingerprint density at radius 1 is 1.40 bits per heavy atom. The number of rotatable bonds is 7. The molecule has 1 aliphatic rings. The van der Waals surface area contributed by atoms with Crippen molar-refractivity contribution in [3.63, 3.8) is 0 Å². The monoisotopic (exact) mass is 284 g/mol. The SMILES string of the molecule is CCOC(=O)C(C)(N)CCCCN1CCC(C)CC1C. The van der Waals surface area contributed by atoms with Crippen LogP contribution in [0.25, 0.3) is 0 Å². The molecule has 1 aliphatic heterocycles. The van der Waals surface area contributed by atoms with Gasteiger partial charge in [-0.15, -0.1) is 0 Å². The van der Waals surface area contributed by atoms with E-state index in [0.29, 0.717) is 19.1 Å². The first-order valence-electron chi connectivity index (χ1n) is 8.07. The fraction of sp³-hybridized carbons (Fsp3) is 0.938. The van der Waals surface area contributed by atoms with Crippen LogP contribution in [0.3, 0.4) is 0 Å². The lowest BCUT2D eigenvalue weighted by atomic mass is 9.92. The quantitative estimate of drug-likeness (QED) is 0.576. The smallest absolute Gasteiger partial charge is 0.325 e. The molecule has 0 aromatic carbocycles. The Labute approximate surface area is 124 Å². The highest BCUT2D eigenvalue weighted by atomic mass is 16.5. The van der Waals surface area contributed by atoms with Crippen LogP contribution in [-0.2, 0) is 9.53 Å². The minimum Gasteiger partial charge on any atom is -0.465 e. The van der Waals surface area contributed by atoms with Gasteiger partial charge in [0.1, 0.15) is 5.54 Å². The van der Waals surface area contributed by atoms with Gasteiger partial charge >= 0.3 is 5.97 Å². The van der Waals surface area contributed by atoms with Gasteiger partial charge in [0.15, 0.2) is 0 Å². The topological polar surface area (TPSA) is 55.6 Å². The zero-order valence-corrected chi connectivity index (χ0v) is 13.7. The summed E-state index contributed by atoms with van der Waals surface area (Å²) in [5.41, 5.74) is 5.19. The second-order valence-corrected chi connectivity index (χ2v) is 6.61. The molecular formula is C16H32N2O2. The Balaban J connectivity index is 2.22. The van der Waals surface area contributed by atoms with Gasteiger partial charge in [-0.25, -0.2) is 0 Å². The molecule has 4 nitrogen and oxygen atoms in total. The number of ether oxygens (including phenoxy) is 1. The Morgan fingerprint density at radius 3 is 2.70 bits per heavy atom. The number of nitrogens with zero attached hydrogens (tertiary/aromatic N) is 1. The van der Waals surface area contributed by atoms with Crippen LogP contribution in [0.5, 0.6) is 0 Å². The van der Waals surface area contributed by atoms with E-state index in [1.54, 1.807) is 6.92 Å². The minimum absolute atomic E-state index is 0.278. The molecule has 1 fully saturated rings. The van der Waals surface area contributed by atoms with E-state index in [0.717, 1.165) is 25.3 Å². The predicted octanol–water partition coefficient (Wildman–Crippen LogP) is 2.56. The minimum atomic E-state index is -0.835. The van der Waals surface area contributed by atoms with Crippen molar-refractivity contribution in [2.24, 2.45) is 11.7 Å². The number of esters is 1. The number of nitrogens with two attached hydrogens (primary N) is 1. The molecule has 3 atom stereocenters. The van der Waals surface area contributed by atoms with Gasteiger partial charge in [-0.1, -0.05) is 6.92 Å². The molecule has 0 bridgehead atoms. The third-order valence-corrected chi connectivity index (χ3v) is 4.41.